The standard InChI is InChI=1S/C18H16N2O4/c1-13(24-16-9-7-14(11-19)8-10-16)18(22)23-12-17(21)20-15-5-3-2-4-6-15/h2-10,13H,12H2,1H3,(H,20,21)/t13-/m0/s1. The van der Waals surface area contributed by atoms with Gasteiger partial charge in [0, 0.05) is 5.69 Å². The van der Waals surface area contributed by atoms with Gasteiger partial charge in [-0.15, -0.1) is 0 Å². The van der Waals surface area contributed by atoms with Gasteiger partial charge in [-0.05, 0) is 43.3 Å². The second-order valence-corrected chi connectivity index (χ2v) is 4.92. The lowest BCUT2D eigenvalue weighted by Gasteiger charge is -2.14. The zero-order valence-corrected chi connectivity index (χ0v) is 13.1. The van der Waals surface area contributed by atoms with Crippen molar-refractivity contribution in [3.05, 3.63) is 60.2 Å². The fourth-order valence-corrected chi connectivity index (χ4v) is 1.83. The second kappa shape index (κ2) is 8.34. The molecule has 1 N–H and O–H groups in total. The van der Waals surface area contributed by atoms with Crippen molar-refractivity contribution in [2.24, 2.45) is 0 Å². The van der Waals surface area contributed by atoms with Gasteiger partial charge in [-0.3, -0.25) is 4.79 Å². The maximum atomic E-state index is 11.8. The molecular weight excluding hydrogens is 308 g/mol. The Balaban J connectivity index is 1.78. The van der Waals surface area contributed by atoms with Gasteiger partial charge in [-0.1, -0.05) is 18.2 Å². The van der Waals surface area contributed by atoms with E-state index in [2.05, 4.69) is 5.32 Å². The summed E-state index contributed by atoms with van der Waals surface area (Å²) in [6.07, 6.45) is -0.873. The van der Waals surface area contributed by atoms with Gasteiger partial charge in [-0.25, -0.2) is 4.79 Å². The summed E-state index contributed by atoms with van der Waals surface area (Å²) in [6, 6.07) is 17.2. The van der Waals surface area contributed by atoms with Gasteiger partial charge in [0.15, 0.2) is 12.7 Å². The van der Waals surface area contributed by atoms with Crippen molar-refractivity contribution in [1.29, 1.82) is 5.26 Å². The van der Waals surface area contributed by atoms with Gasteiger partial charge in [0.2, 0.25) is 0 Å². The van der Waals surface area contributed by atoms with Crippen LogP contribution in [0.5, 0.6) is 5.75 Å². The molecule has 1 amide bonds. The summed E-state index contributed by atoms with van der Waals surface area (Å²) in [5, 5.41) is 11.3. The predicted octanol–water partition coefficient (Wildman–Crippen LogP) is 2.51. The molecule has 0 unspecified atom stereocenters. The first-order valence-electron chi connectivity index (χ1n) is 7.27. The van der Waals surface area contributed by atoms with Crippen LogP contribution in [0, 0.1) is 11.3 Å². The number of nitrogens with zero attached hydrogens (tertiary/aromatic N) is 1. The first-order chi connectivity index (χ1) is 11.6. The van der Waals surface area contributed by atoms with Gasteiger partial charge in [0.25, 0.3) is 5.91 Å². The third kappa shape index (κ3) is 5.14. The summed E-state index contributed by atoms with van der Waals surface area (Å²) in [7, 11) is 0. The molecule has 0 saturated carbocycles. The lowest BCUT2D eigenvalue weighted by Crippen LogP contribution is -2.29. The Morgan fingerprint density at radius 2 is 1.79 bits per heavy atom. The first-order valence-corrected chi connectivity index (χ1v) is 7.27. The van der Waals surface area contributed by atoms with Gasteiger partial charge < -0.3 is 14.8 Å². The zero-order valence-electron chi connectivity index (χ0n) is 13.1. The van der Waals surface area contributed by atoms with E-state index < -0.39 is 24.6 Å². The highest BCUT2D eigenvalue weighted by Gasteiger charge is 2.17. The number of carbonyl (C=O) groups is 2. The van der Waals surface area contributed by atoms with Crippen molar-refractivity contribution in [3.8, 4) is 11.8 Å². The van der Waals surface area contributed by atoms with Crippen molar-refractivity contribution in [2.75, 3.05) is 11.9 Å². The minimum absolute atomic E-state index is 0.394. The molecule has 1 atom stereocenters. The number of nitrogens with one attached hydrogen (secondary N) is 1. The number of hydrogen-bond acceptors (Lipinski definition) is 5. The van der Waals surface area contributed by atoms with E-state index in [0.29, 0.717) is 17.0 Å². The molecule has 24 heavy (non-hydrogen) atoms. The first kappa shape index (κ1) is 17.0. The Hall–Kier alpha value is -3.33. The Morgan fingerprint density at radius 3 is 2.42 bits per heavy atom. The van der Waals surface area contributed by atoms with E-state index in [1.165, 1.54) is 6.92 Å². The molecule has 0 saturated heterocycles. The molecule has 0 spiro atoms. The van der Waals surface area contributed by atoms with E-state index in [1.54, 1.807) is 48.5 Å². The van der Waals surface area contributed by atoms with E-state index in [9.17, 15) is 9.59 Å². The van der Waals surface area contributed by atoms with Crippen molar-refractivity contribution in [1.82, 2.24) is 0 Å². The quantitative estimate of drug-likeness (QED) is 0.825. The molecule has 0 heterocycles. The van der Waals surface area contributed by atoms with Gasteiger partial charge >= 0.3 is 5.97 Å². The molecule has 0 aliphatic rings. The van der Waals surface area contributed by atoms with Crippen LogP contribution in [0.2, 0.25) is 0 Å². The van der Waals surface area contributed by atoms with Crippen LogP contribution in [0.15, 0.2) is 54.6 Å². The third-order valence-corrected chi connectivity index (χ3v) is 3.03. The molecule has 6 nitrogen and oxygen atoms in total. The maximum Gasteiger partial charge on any atom is 0.347 e. The molecular formula is C18H16N2O4. The number of para-hydroxylation sites is 1. The number of amides is 1. The summed E-state index contributed by atoms with van der Waals surface area (Å²) in [5.41, 5.74) is 1.12. The lowest BCUT2D eigenvalue weighted by atomic mass is 10.2. The molecule has 0 bridgehead atoms. The highest BCUT2D eigenvalue weighted by molar-refractivity contribution is 5.93. The molecule has 6 heteroatoms. The molecule has 2 aromatic carbocycles. The minimum atomic E-state index is -0.873. The molecule has 0 fully saturated rings. The number of esters is 1. The molecule has 0 aliphatic heterocycles. The SMILES string of the molecule is C[C@H](Oc1ccc(C#N)cc1)C(=O)OCC(=O)Nc1ccccc1. The van der Waals surface area contributed by atoms with Crippen LogP contribution in [-0.2, 0) is 14.3 Å². The number of ether oxygens (including phenoxy) is 2. The third-order valence-electron chi connectivity index (χ3n) is 3.03. The average molecular weight is 324 g/mol. The molecule has 2 rings (SSSR count). The van der Waals surface area contributed by atoms with Gasteiger partial charge in [0.1, 0.15) is 5.75 Å². The van der Waals surface area contributed by atoms with E-state index in [-0.39, 0.29) is 0 Å². The monoisotopic (exact) mass is 324 g/mol. The second-order valence-electron chi connectivity index (χ2n) is 4.92. The summed E-state index contributed by atoms with van der Waals surface area (Å²) >= 11 is 0. The molecule has 2 aromatic rings. The van der Waals surface area contributed by atoms with Crippen LogP contribution in [0.25, 0.3) is 0 Å². The predicted molar refractivity (Wildman–Crippen MR) is 87.3 cm³/mol. The van der Waals surface area contributed by atoms with E-state index in [1.807, 2.05) is 12.1 Å². The summed E-state index contributed by atoms with van der Waals surface area (Å²) in [4.78, 5) is 23.6. The van der Waals surface area contributed by atoms with Crippen molar-refractivity contribution in [3.63, 3.8) is 0 Å². The fourth-order valence-electron chi connectivity index (χ4n) is 1.83. The Morgan fingerprint density at radius 1 is 1.12 bits per heavy atom. The maximum absolute atomic E-state index is 11.8. The largest absolute Gasteiger partial charge is 0.479 e. The molecule has 0 aliphatic carbocycles. The highest BCUT2D eigenvalue weighted by atomic mass is 16.6. The lowest BCUT2D eigenvalue weighted by molar-refractivity contribution is -0.153. The molecule has 0 radical (unpaired) electrons. The fraction of sp³-hybridized carbons (Fsp3) is 0.167. The van der Waals surface area contributed by atoms with Crippen molar-refractivity contribution >= 4 is 17.6 Å². The zero-order chi connectivity index (χ0) is 17.4. The van der Waals surface area contributed by atoms with E-state index in [0.717, 1.165) is 0 Å². The van der Waals surface area contributed by atoms with E-state index >= 15 is 0 Å². The number of carbonyl (C=O) groups excluding carboxylic acids is 2. The number of nitriles is 1. The van der Waals surface area contributed by atoms with Crippen LogP contribution in [0.3, 0.4) is 0 Å². The van der Waals surface area contributed by atoms with Crippen LogP contribution in [0.4, 0.5) is 5.69 Å². The number of benzene rings is 2. The summed E-state index contributed by atoms with van der Waals surface area (Å²) < 4.78 is 10.3. The van der Waals surface area contributed by atoms with Crippen molar-refractivity contribution < 1.29 is 19.1 Å². The van der Waals surface area contributed by atoms with Crippen LogP contribution in [-0.4, -0.2) is 24.6 Å². The Kier molecular flexibility index (Phi) is 5.92. The summed E-state index contributed by atoms with van der Waals surface area (Å²) in [5.74, 6) is -0.644. The number of hydrogen-bond donors (Lipinski definition) is 1. The summed E-state index contributed by atoms with van der Waals surface area (Å²) in [6.45, 7) is 1.13. The van der Waals surface area contributed by atoms with Crippen molar-refractivity contribution in [2.45, 2.75) is 13.0 Å². The topological polar surface area (TPSA) is 88.4 Å². The van der Waals surface area contributed by atoms with Gasteiger partial charge in [0.05, 0.1) is 11.6 Å². The average Bonchev–Trinajstić information content (AvgIpc) is 2.61. The smallest absolute Gasteiger partial charge is 0.347 e. The van der Waals surface area contributed by atoms with Gasteiger partial charge in [-0.2, -0.15) is 5.26 Å². The number of anilines is 1. The number of rotatable bonds is 6. The highest BCUT2D eigenvalue weighted by Crippen LogP contribution is 2.14. The Labute approximate surface area is 139 Å². The van der Waals surface area contributed by atoms with Crippen LogP contribution >= 0.6 is 0 Å². The Bertz CT molecular complexity index is 736. The van der Waals surface area contributed by atoms with Crippen LogP contribution < -0.4 is 10.1 Å². The molecule has 0 aromatic heterocycles. The molecule has 122 valence electrons. The van der Waals surface area contributed by atoms with Crippen LogP contribution in [0.1, 0.15) is 12.5 Å². The van der Waals surface area contributed by atoms with E-state index in [4.69, 9.17) is 14.7 Å². The normalized spacial score (nSPS) is 11.0. The minimum Gasteiger partial charge on any atom is -0.479 e.